The van der Waals surface area contributed by atoms with Crippen molar-refractivity contribution in [3.8, 4) is 0 Å². The number of nitrogens with two attached hydrogens (primary N) is 1. The first kappa shape index (κ1) is 21.0. The van der Waals surface area contributed by atoms with Crippen molar-refractivity contribution in [2.24, 2.45) is 11.8 Å². The second-order valence-electron chi connectivity index (χ2n) is 7.29. The second kappa shape index (κ2) is 8.56. The molecule has 8 heteroatoms. The van der Waals surface area contributed by atoms with Crippen LogP contribution in [-0.4, -0.2) is 22.0 Å². The van der Waals surface area contributed by atoms with Gasteiger partial charge in [-0.3, -0.25) is 19.1 Å². The molecule has 1 heterocycles. The van der Waals surface area contributed by atoms with Crippen molar-refractivity contribution in [3.05, 3.63) is 55.1 Å². The van der Waals surface area contributed by atoms with Gasteiger partial charge in [-0.2, -0.15) is 0 Å². The van der Waals surface area contributed by atoms with Crippen molar-refractivity contribution in [2.75, 3.05) is 17.2 Å². The summed E-state index contributed by atoms with van der Waals surface area (Å²) < 4.78 is 1.93. The smallest absolute Gasteiger partial charge is 0.330 e. The molecule has 0 saturated carbocycles. The van der Waals surface area contributed by atoms with E-state index >= 15 is 0 Å². The van der Waals surface area contributed by atoms with Crippen LogP contribution in [0.5, 0.6) is 0 Å². The van der Waals surface area contributed by atoms with Crippen molar-refractivity contribution in [1.82, 2.24) is 9.55 Å². The lowest BCUT2D eigenvalue weighted by molar-refractivity contribution is 0.0982. The quantitative estimate of drug-likeness (QED) is 0.726. The van der Waals surface area contributed by atoms with Gasteiger partial charge in [-0.15, -0.1) is 0 Å². The maximum Gasteiger partial charge on any atom is 0.330 e. The Morgan fingerprint density at radius 3 is 2.37 bits per heavy atom. The third kappa shape index (κ3) is 4.68. The highest BCUT2D eigenvalue weighted by atomic mass is 79.9. The molecule has 0 unspecified atom stereocenters. The van der Waals surface area contributed by atoms with Gasteiger partial charge < -0.3 is 10.6 Å². The van der Waals surface area contributed by atoms with Crippen molar-refractivity contribution in [3.63, 3.8) is 0 Å². The van der Waals surface area contributed by atoms with Gasteiger partial charge in [0, 0.05) is 17.6 Å². The molecule has 0 spiro atoms. The van der Waals surface area contributed by atoms with E-state index in [-0.39, 0.29) is 35.8 Å². The molecule has 0 aliphatic rings. The fraction of sp³-hybridized carbons (Fsp3) is 0.421. The Kier molecular flexibility index (Phi) is 6.64. The van der Waals surface area contributed by atoms with Crippen LogP contribution in [0.3, 0.4) is 0 Å². The number of nitrogen functional groups attached to an aromatic ring is 1. The normalized spacial score (nSPS) is 11.2. The van der Waals surface area contributed by atoms with Crippen LogP contribution < -0.4 is 21.9 Å². The number of benzene rings is 1. The van der Waals surface area contributed by atoms with Crippen LogP contribution >= 0.6 is 15.9 Å². The average molecular weight is 437 g/mol. The van der Waals surface area contributed by atoms with Crippen molar-refractivity contribution in [2.45, 2.75) is 34.2 Å². The zero-order chi connectivity index (χ0) is 20.3. The van der Waals surface area contributed by atoms with Gasteiger partial charge in [0.2, 0.25) is 0 Å². The largest absolute Gasteiger partial charge is 0.383 e. The molecule has 2 aromatic rings. The highest BCUT2D eigenvalue weighted by molar-refractivity contribution is 9.10. The number of halogens is 1. The first-order valence-electron chi connectivity index (χ1n) is 8.82. The number of anilines is 2. The number of rotatable bonds is 6. The Balaban J connectivity index is 2.67. The van der Waals surface area contributed by atoms with E-state index in [2.05, 4.69) is 20.9 Å². The van der Waals surface area contributed by atoms with Gasteiger partial charge in [0.25, 0.3) is 11.5 Å². The van der Waals surface area contributed by atoms with E-state index in [0.29, 0.717) is 16.6 Å². The van der Waals surface area contributed by atoms with E-state index in [9.17, 15) is 14.4 Å². The number of aromatic nitrogens is 2. The predicted octanol–water partition coefficient (Wildman–Crippen LogP) is 2.84. The van der Waals surface area contributed by atoms with Crippen LogP contribution in [0.25, 0.3) is 0 Å². The first-order valence-corrected chi connectivity index (χ1v) is 9.61. The summed E-state index contributed by atoms with van der Waals surface area (Å²) in [6.45, 7) is 8.38. The molecule has 1 aromatic carbocycles. The fourth-order valence-electron chi connectivity index (χ4n) is 2.81. The summed E-state index contributed by atoms with van der Waals surface area (Å²) in [5.41, 5.74) is 5.38. The van der Waals surface area contributed by atoms with Gasteiger partial charge in [-0.05, 0) is 39.9 Å². The van der Waals surface area contributed by atoms with Crippen molar-refractivity contribution in [1.29, 1.82) is 0 Å². The Hall–Kier alpha value is -2.35. The molecule has 1 aromatic heterocycles. The zero-order valence-electron chi connectivity index (χ0n) is 16.0. The fourth-order valence-corrected chi connectivity index (χ4v) is 3.26. The van der Waals surface area contributed by atoms with Crippen molar-refractivity contribution >= 4 is 33.3 Å². The average Bonchev–Trinajstić information content (AvgIpc) is 2.57. The van der Waals surface area contributed by atoms with Gasteiger partial charge in [-0.1, -0.05) is 39.8 Å². The number of H-pyrrole nitrogens is 1. The van der Waals surface area contributed by atoms with Crippen LogP contribution in [0.15, 0.2) is 38.3 Å². The predicted molar refractivity (Wildman–Crippen MR) is 111 cm³/mol. The molecule has 0 aliphatic carbocycles. The Bertz CT molecular complexity index is 947. The molecular weight excluding hydrogens is 412 g/mol. The van der Waals surface area contributed by atoms with Crippen LogP contribution in [0.2, 0.25) is 0 Å². The minimum absolute atomic E-state index is 0.00139. The summed E-state index contributed by atoms with van der Waals surface area (Å²) in [5, 5.41) is 0. The lowest BCUT2D eigenvalue weighted by atomic mass is 10.1. The lowest BCUT2D eigenvalue weighted by Crippen LogP contribution is -2.43. The molecule has 0 radical (unpaired) electrons. The molecule has 0 bridgehead atoms. The monoisotopic (exact) mass is 436 g/mol. The lowest BCUT2D eigenvalue weighted by Gasteiger charge is -2.26. The molecule has 7 nitrogen and oxygen atoms in total. The molecule has 2 rings (SSSR count). The highest BCUT2D eigenvalue weighted by Crippen LogP contribution is 2.24. The van der Waals surface area contributed by atoms with E-state index in [1.54, 1.807) is 24.3 Å². The maximum atomic E-state index is 13.2. The summed E-state index contributed by atoms with van der Waals surface area (Å²) in [5.74, 6) is -0.136. The number of hydrogen-bond acceptors (Lipinski definition) is 4. The molecule has 0 saturated heterocycles. The van der Waals surface area contributed by atoms with E-state index in [1.807, 2.05) is 27.7 Å². The summed E-state index contributed by atoms with van der Waals surface area (Å²) in [7, 11) is 0. The number of aromatic amines is 1. The number of nitrogens with one attached hydrogen (secondary N) is 1. The summed E-state index contributed by atoms with van der Waals surface area (Å²) >= 11 is 3.38. The standard InChI is InChI=1S/C19H25BrN4O3/c1-11(2)9-23(18(26)13-7-5-6-8-14(13)20)15-16(21)24(10-12(3)4)19(27)22-17(15)25/h5-8,11-12H,9-10,21H2,1-4H3,(H,22,25,27). The van der Waals surface area contributed by atoms with Crippen LogP contribution in [0.1, 0.15) is 38.1 Å². The van der Waals surface area contributed by atoms with Crippen LogP contribution in [-0.2, 0) is 6.54 Å². The Morgan fingerprint density at radius 2 is 1.81 bits per heavy atom. The van der Waals surface area contributed by atoms with Gasteiger partial charge >= 0.3 is 5.69 Å². The summed E-state index contributed by atoms with van der Waals surface area (Å²) in [4.78, 5) is 41.7. The van der Waals surface area contributed by atoms with Gasteiger partial charge in [-0.25, -0.2) is 4.79 Å². The number of nitrogens with zero attached hydrogens (tertiary/aromatic N) is 2. The minimum Gasteiger partial charge on any atom is -0.383 e. The molecule has 0 fully saturated rings. The van der Waals surface area contributed by atoms with E-state index in [1.165, 1.54) is 9.47 Å². The third-order valence-corrected chi connectivity index (χ3v) is 4.62. The third-order valence-electron chi connectivity index (χ3n) is 3.93. The molecule has 3 N–H and O–H groups in total. The van der Waals surface area contributed by atoms with Gasteiger partial charge in [0.1, 0.15) is 5.82 Å². The Morgan fingerprint density at radius 1 is 1.19 bits per heavy atom. The molecule has 146 valence electrons. The molecule has 0 aliphatic heterocycles. The van der Waals surface area contributed by atoms with Crippen LogP contribution in [0.4, 0.5) is 11.5 Å². The zero-order valence-corrected chi connectivity index (χ0v) is 17.5. The van der Waals surface area contributed by atoms with Gasteiger partial charge in [0.05, 0.1) is 5.56 Å². The topological polar surface area (TPSA) is 101 Å². The number of carbonyl (C=O) groups excluding carboxylic acids is 1. The second-order valence-corrected chi connectivity index (χ2v) is 8.14. The molecule has 27 heavy (non-hydrogen) atoms. The highest BCUT2D eigenvalue weighted by Gasteiger charge is 2.27. The number of hydrogen-bond donors (Lipinski definition) is 2. The number of carbonyl (C=O) groups is 1. The summed E-state index contributed by atoms with van der Waals surface area (Å²) in [6.07, 6.45) is 0. The van der Waals surface area contributed by atoms with E-state index in [4.69, 9.17) is 5.73 Å². The molecular formula is C19H25BrN4O3. The SMILES string of the molecule is CC(C)CN(C(=O)c1ccccc1Br)c1c(N)n(CC(C)C)c(=O)[nH]c1=O. The molecule has 1 amide bonds. The van der Waals surface area contributed by atoms with E-state index < -0.39 is 11.2 Å². The minimum atomic E-state index is -0.668. The van der Waals surface area contributed by atoms with Gasteiger partial charge in [0.15, 0.2) is 5.69 Å². The van der Waals surface area contributed by atoms with Crippen molar-refractivity contribution < 1.29 is 4.79 Å². The first-order chi connectivity index (χ1) is 12.6. The summed E-state index contributed by atoms with van der Waals surface area (Å²) in [6, 6.07) is 6.98. The van der Waals surface area contributed by atoms with E-state index in [0.717, 1.165) is 0 Å². The molecule has 0 atom stereocenters. The maximum absolute atomic E-state index is 13.2. The Labute approximate surface area is 166 Å². The number of amides is 1. The van der Waals surface area contributed by atoms with Crippen LogP contribution in [0, 0.1) is 11.8 Å².